The highest BCUT2D eigenvalue weighted by molar-refractivity contribution is 7.49. The molecule has 1 aliphatic carbocycles. The molecule has 27 nitrogen and oxygen atoms in total. The van der Waals surface area contributed by atoms with E-state index in [0.29, 0.717) is 98.7 Å². The van der Waals surface area contributed by atoms with Crippen LogP contribution in [0.15, 0.2) is 0 Å². The van der Waals surface area contributed by atoms with Crippen LogP contribution in [-0.4, -0.2) is 224 Å². The molecular formula is C41H82O27P4. The number of unbranched alkanes of at least 4 members (excludes halogenated alkanes) is 2. The van der Waals surface area contributed by atoms with Crippen molar-refractivity contribution in [3.05, 3.63) is 0 Å². The smallest absolute Gasteiger partial charge is 0.388 e. The van der Waals surface area contributed by atoms with Gasteiger partial charge < -0.3 is 52.5 Å². The van der Waals surface area contributed by atoms with Crippen molar-refractivity contribution in [3.63, 3.8) is 0 Å². The fourth-order valence-corrected chi connectivity index (χ4v) is 8.86. The second-order valence-electron chi connectivity index (χ2n) is 14.3. The monoisotopic (exact) mass is 1130 g/mol. The van der Waals surface area contributed by atoms with Crippen LogP contribution in [0.25, 0.3) is 0 Å². The van der Waals surface area contributed by atoms with E-state index in [1.807, 2.05) is 0 Å². The van der Waals surface area contributed by atoms with Crippen LogP contribution in [0.1, 0.15) is 39.0 Å². The van der Waals surface area contributed by atoms with Crippen molar-refractivity contribution < 1.29 is 125 Å². The SMILES string of the molecule is CCCCCOP(=O)(OC)OCCOCCOCCOCCOCCOCCOP(=O)(OC)OCC(O)COP(=O)(OC)OCCOCCOCCOCCOCCOCCOP(=O)(OC)OC1CC#CC1. The summed E-state index contributed by atoms with van der Waals surface area (Å²) in [7, 11) is -10.6. The fourth-order valence-electron chi connectivity index (χ4n) is 4.98. The highest BCUT2D eigenvalue weighted by Gasteiger charge is 2.31. The minimum absolute atomic E-state index is 0.0355. The van der Waals surface area contributed by atoms with Crippen molar-refractivity contribution in [2.45, 2.75) is 51.2 Å². The van der Waals surface area contributed by atoms with Gasteiger partial charge in [0.2, 0.25) is 0 Å². The molecule has 0 heterocycles. The summed E-state index contributed by atoms with van der Waals surface area (Å²) < 4.78 is 166. The Labute approximate surface area is 425 Å². The first-order valence-corrected chi connectivity index (χ1v) is 29.5. The Hall–Kier alpha value is -0.440. The zero-order valence-electron chi connectivity index (χ0n) is 42.6. The van der Waals surface area contributed by atoms with Crippen molar-refractivity contribution in [2.75, 3.05) is 207 Å². The molecule has 5 atom stereocenters. The lowest BCUT2D eigenvalue weighted by atomic mass is 10.3. The summed E-state index contributed by atoms with van der Waals surface area (Å²) in [6, 6.07) is 0. The van der Waals surface area contributed by atoms with Crippen molar-refractivity contribution in [2.24, 2.45) is 0 Å². The third kappa shape index (κ3) is 39.9. The molecule has 0 bridgehead atoms. The van der Waals surface area contributed by atoms with Gasteiger partial charge >= 0.3 is 31.3 Å². The molecule has 0 fully saturated rings. The summed E-state index contributed by atoms with van der Waals surface area (Å²) >= 11 is 0. The van der Waals surface area contributed by atoms with Crippen LogP contribution in [-0.2, 0) is 120 Å². The molecule has 0 saturated carbocycles. The maximum absolute atomic E-state index is 12.7. The summed E-state index contributed by atoms with van der Waals surface area (Å²) in [6.45, 7) is 6.73. The lowest BCUT2D eigenvalue weighted by Crippen LogP contribution is -2.22. The van der Waals surface area contributed by atoms with Gasteiger partial charge in [0, 0.05) is 41.3 Å². The van der Waals surface area contributed by atoms with E-state index >= 15 is 0 Å². The lowest BCUT2D eigenvalue weighted by Gasteiger charge is -2.20. The third-order valence-electron chi connectivity index (χ3n) is 8.69. The predicted molar refractivity (Wildman–Crippen MR) is 256 cm³/mol. The molecule has 72 heavy (non-hydrogen) atoms. The first-order valence-electron chi connectivity index (χ1n) is 23.6. The predicted octanol–water partition coefficient (Wildman–Crippen LogP) is 5.02. The van der Waals surface area contributed by atoms with E-state index in [-0.39, 0.29) is 85.4 Å². The molecule has 1 aliphatic rings. The molecule has 428 valence electrons. The van der Waals surface area contributed by atoms with Crippen LogP contribution in [0.5, 0.6) is 0 Å². The van der Waals surface area contributed by atoms with E-state index in [1.54, 1.807) is 0 Å². The molecule has 1 N–H and O–H groups in total. The van der Waals surface area contributed by atoms with Gasteiger partial charge in [-0.05, 0) is 6.42 Å². The quantitative estimate of drug-likeness (QED) is 0.0475. The van der Waals surface area contributed by atoms with Crippen LogP contribution in [0.3, 0.4) is 0 Å². The number of phosphoric acid groups is 4. The molecule has 0 aliphatic heterocycles. The third-order valence-corrected chi connectivity index (χ3v) is 14.5. The van der Waals surface area contributed by atoms with Gasteiger partial charge in [-0.3, -0.25) is 54.3 Å². The molecule has 0 aromatic carbocycles. The van der Waals surface area contributed by atoms with E-state index in [4.69, 9.17) is 102 Å². The van der Waals surface area contributed by atoms with Gasteiger partial charge in [-0.25, -0.2) is 18.3 Å². The molecule has 5 unspecified atom stereocenters. The van der Waals surface area contributed by atoms with Gasteiger partial charge in [0.25, 0.3) is 0 Å². The van der Waals surface area contributed by atoms with E-state index in [0.717, 1.165) is 33.5 Å². The van der Waals surface area contributed by atoms with Gasteiger partial charge in [-0.2, -0.15) is 0 Å². The summed E-state index contributed by atoms with van der Waals surface area (Å²) in [5.74, 6) is 5.74. The van der Waals surface area contributed by atoms with Crippen LogP contribution in [0, 0.1) is 11.8 Å². The summed E-state index contributed by atoms with van der Waals surface area (Å²) in [5, 5.41) is 10.3. The number of hydrogen-bond donors (Lipinski definition) is 1. The maximum Gasteiger partial charge on any atom is 0.474 e. The van der Waals surface area contributed by atoms with Crippen molar-refractivity contribution in [3.8, 4) is 11.8 Å². The first-order chi connectivity index (χ1) is 34.9. The number of aliphatic hydroxyl groups excluding tert-OH is 1. The Bertz CT molecular complexity index is 1520. The number of ether oxygens (including phenoxy) is 10. The van der Waals surface area contributed by atoms with Crippen molar-refractivity contribution >= 4 is 31.3 Å². The average Bonchev–Trinajstić information content (AvgIpc) is 3.90. The highest BCUT2D eigenvalue weighted by atomic mass is 31.2. The average molecular weight is 1130 g/mol. The van der Waals surface area contributed by atoms with Crippen LogP contribution < -0.4 is 0 Å². The largest absolute Gasteiger partial charge is 0.474 e. The second-order valence-corrected chi connectivity index (χ2v) is 21.3. The van der Waals surface area contributed by atoms with Gasteiger partial charge in [-0.15, -0.1) is 11.8 Å². The minimum Gasteiger partial charge on any atom is -0.388 e. The molecular weight excluding hydrogens is 1050 g/mol. The van der Waals surface area contributed by atoms with Gasteiger partial charge in [-0.1, -0.05) is 19.8 Å². The molecule has 1 rings (SSSR count). The molecule has 31 heteroatoms. The zero-order valence-corrected chi connectivity index (χ0v) is 46.2. The fraction of sp³-hybridized carbons (Fsp3) is 0.951. The zero-order chi connectivity index (χ0) is 52.8. The second kappa shape index (κ2) is 46.6. The van der Waals surface area contributed by atoms with Gasteiger partial charge in [0.15, 0.2) is 0 Å². The Morgan fingerprint density at radius 3 is 0.903 bits per heavy atom. The molecule has 0 aromatic heterocycles. The summed E-state index contributed by atoms with van der Waals surface area (Å²) in [5.41, 5.74) is 0. The Morgan fingerprint density at radius 1 is 0.375 bits per heavy atom. The first kappa shape index (κ1) is 69.6. The minimum atomic E-state index is -4.06. The molecule has 0 amide bonds. The van der Waals surface area contributed by atoms with Crippen molar-refractivity contribution in [1.29, 1.82) is 0 Å². The number of phosphoric ester groups is 4. The normalized spacial score (nSPS) is 16.8. The highest BCUT2D eigenvalue weighted by Crippen LogP contribution is 2.52. The van der Waals surface area contributed by atoms with E-state index < -0.39 is 50.6 Å². The molecule has 0 saturated heterocycles. The number of aliphatic hydroxyl groups is 1. The van der Waals surface area contributed by atoms with Crippen molar-refractivity contribution in [1.82, 2.24) is 0 Å². The van der Waals surface area contributed by atoms with Crippen LogP contribution in [0.4, 0.5) is 0 Å². The molecule has 0 radical (unpaired) electrons. The molecule has 0 aromatic rings. The Kier molecular flexibility index (Phi) is 45.1. The maximum atomic E-state index is 12.7. The number of rotatable bonds is 57. The van der Waals surface area contributed by atoms with Gasteiger partial charge in [0.05, 0.1) is 184 Å². The number of hydrogen-bond acceptors (Lipinski definition) is 27. The Morgan fingerprint density at radius 2 is 0.625 bits per heavy atom. The Balaban J connectivity index is 1.93. The van der Waals surface area contributed by atoms with E-state index in [1.165, 1.54) is 14.2 Å². The summed E-state index contributed by atoms with van der Waals surface area (Å²) in [6.07, 6.45) is 2.04. The van der Waals surface area contributed by atoms with Crippen LogP contribution in [0.2, 0.25) is 0 Å². The summed E-state index contributed by atoms with van der Waals surface area (Å²) in [4.78, 5) is 0. The van der Waals surface area contributed by atoms with E-state index in [9.17, 15) is 23.4 Å². The topological polar surface area (TPSA) is 292 Å². The molecule has 0 spiro atoms. The standard InChI is InChI=1S/C41H82O27P4/c1-6-7-10-13-61-69(43,47-2)62-34-30-57-26-22-53-18-14-51-15-19-54-23-27-58-31-35-63-70(44,48-3)66-38-40(42)39-67-71(45,49-4)64-36-32-59-28-24-55-20-16-52-17-21-56-25-29-60-33-37-65-72(46,50-5)68-41-11-8-9-12-41/h40-42H,6-7,10-39H2,1-5H3. The van der Waals surface area contributed by atoms with Gasteiger partial charge in [0.1, 0.15) is 6.10 Å². The van der Waals surface area contributed by atoms with Crippen LogP contribution >= 0.6 is 31.3 Å². The lowest BCUT2D eigenvalue weighted by molar-refractivity contribution is -0.0172. The van der Waals surface area contributed by atoms with E-state index in [2.05, 4.69) is 18.8 Å².